The smallest absolute Gasteiger partial charge is 0.164 e. The van der Waals surface area contributed by atoms with Crippen molar-refractivity contribution in [3.63, 3.8) is 0 Å². The summed E-state index contributed by atoms with van der Waals surface area (Å²) in [5.41, 5.74) is 10.7. The Morgan fingerprint density at radius 3 is 1.67 bits per heavy atom. The van der Waals surface area contributed by atoms with Crippen molar-refractivity contribution >= 4 is 49.2 Å². The van der Waals surface area contributed by atoms with E-state index in [4.69, 9.17) is 15.0 Å². The number of hydrogen-bond donors (Lipinski definition) is 0. The van der Waals surface area contributed by atoms with Gasteiger partial charge in [0.15, 0.2) is 17.5 Å². The van der Waals surface area contributed by atoms with Crippen molar-refractivity contribution in [3.05, 3.63) is 200 Å². The molecule has 0 saturated carbocycles. The second-order valence-electron chi connectivity index (χ2n) is 15.1. The molecule has 0 N–H and O–H groups in total. The quantitative estimate of drug-likeness (QED) is 0.171. The molecule has 11 rings (SSSR count). The van der Waals surface area contributed by atoms with E-state index in [2.05, 4.69) is 174 Å². The van der Waals surface area contributed by atoms with E-state index < -0.39 is 5.54 Å². The van der Waals surface area contributed by atoms with Crippen LogP contribution in [0.1, 0.15) is 19.2 Å². The Hall–Kier alpha value is -7.37. The summed E-state index contributed by atoms with van der Waals surface area (Å²) in [5, 5.41) is 4.95. The van der Waals surface area contributed by atoms with Crippen LogP contribution < -0.4 is 0 Å². The third-order valence-corrected chi connectivity index (χ3v) is 11.4. The minimum absolute atomic E-state index is 0.469. The zero-order valence-corrected chi connectivity index (χ0v) is 31.4. The van der Waals surface area contributed by atoms with Gasteiger partial charge in [-0.3, -0.25) is 0 Å². The molecule has 5 nitrogen and oxygen atoms in total. The Labute approximate surface area is 330 Å². The largest absolute Gasteiger partial charge is 0.331 e. The summed E-state index contributed by atoms with van der Waals surface area (Å²) in [4.78, 5) is 15.2. The highest BCUT2D eigenvalue weighted by Gasteiger charge is 2.31. The zero-order valence-electron chi connectivity index (χ0n) is 31.4. The van der Waals surface area contributed by atoms with Crippen LogP contribution in [0, 0.1) is 0 Å². The summed E-state index contributed by atoms with van der Waals surface area (Å²) in [6.45, 7) is 2.35. The fourth-order valence-corrected chi connectivity index (χ4v) is 8.79. The molecule has 1 atom stereocenters. The first-order valence-corrected chi connectivity index (χ1v) is 19.5. The lowest BCUT2D eigenvalue weighted by atomic mass is 9.88. The maximum absolute atomic E-state index is 5.13. The number of aromatic nitrogens is 5. The number of para-hydroxylation sites is 2. The molecule has 0 aliphatic heterocycles. The van der Waals surface area contributed by atoms with E-state index >= 15 is 0 Å². The molecule has 1 unspecified atom stereocenters. The van der Waals surface area contributed by atoms with E-state index in [1.54, 1.807) is 0 Å². The van der Waals surface area contributed by atoms with Crippen molar-refractivity contribution in [2.24, 2.45) is 0 Å². The predicted octanol–water partition coefficient (Wildman–Crippen LogP) is 12.8. The molecule has 3 heterocycles. The van der Waals surface area contributed by atoms with Gasteiger partial charge in [0.25, 0.3) is 0 Å². The van der Waals surface area contributed by atoms with E-state index in [0.29, 0.717) is 17.5 Å². The molecule has 0 amide bonds. The lowest BCUT2D eigenvalue weighted by molar-refractivity contribution is 0.439. The number of benzene rings is 7. The van der Waals surface area contributed by atoms with Crippen molar-refractivity contribution in [3.8, 4) is 39.6 Å². The monoisotopic (exact) mass is 731 g/mol. The molecule has 0 fully saturated rings. The van der Waals surface area contributed by atoms with Gasteiger partial charge in [0, 0.05) is 43.9 Å². The van der Waals surface area contributed by atoms with Gasteiger partial charge in [-0.2, -0.15) is 0 Å². The van der Waals surface area contributed by atoms with Gasteiger partial charge < -0.3 is 9.13 Å². The maximum Gasteiger partial charge on any atom is 0.164 e. The minimum Gasteiger partial charge on any atom is -0.331 e. The third-order valence-electron chi connectivity index (χ3n) is 11.4. The van der Waals surface area contributed by atoms with Gasteiger partial charge in [0.1, 0.15) is 0 Å². The normalized spacial score (nSPS) is 15.5. The average Bonchev–Trinajstić information content (AvgIpc) is 3.78. The van der Waals surface area contributed by atoms with Crippen molar-refractivity contribution in [2.75, 3.05) is 0 Å². The molecule has 0 bridgehead atoms. The fraction of sp³-hybridized carbons (Fsp3) is 0.0577. The van der Waals surface area contributed by atoms with E-state index in [9.17, 15) is 0 Å². The van der Waals surface area contributed by atoms with Crippen LogP contribution in [0.25, 0.3) is 88.8 Å². The van der Waals surface area contributed by atoms with Crippen LogP contribution in [0.15, 0.2) is 194 Å². The summed E-state index contributed by atoms with van der Waals surface area (Å²) >= 11 is 0. The van der Waals surface area contributed by atoms with Crippen molar-refractivity contribution in [1.29, 1.82) is 0 Å². The van der Waals surface area contributed by atoms with Crippen LogP contribution in [-0.2, 0) is 5.54 Å². The van der Waals surface area contributed by atoms with Crippen molar-refractivity contribution < 1.29 is 0 Å². The van der Waals surface area contributed by atoms with Gasteiger partial charge in [0.2, 0.25) is 0 Å². The molecular formula is C52H37N5. The van der Waals surface area contributed by atoms with Gasteiger partial charge in [-0.05, 0) is 66.9 Å². The standard InChI is InChI=1S/C52H37N5/c1-52(30-16-23-39(34-52)51-54-49(36-19-8-3-9-20-36)53-50(55-51)37-21-10-4-11-22-37)57-47-31-38(35-17-6-2-7-18-35)28-29-42(47)44-32-43-41-26-14-15-27-45(41)56(46(43)33-48(44)57)40-24-12-5-13-25-40/h2-29,31-34H,30H2,1H3. The van der Waals surface area contributed by atoms with E-state index in [1.807, 2.05) is 36.4 Å². The van der Waals surface area contributed by atoms with Crippen LogP contribution in [0.5, 0.6) is 0 Å². The van der Waals surface area contributed by atoms with Crippen LogP contribution in [0.3, 0.4) is 0 Å². The Kier molecular flexibility index (Phi) is 7.61. The first-order valence-electron chi connectivity index (χ1n) is 19.5. The molecule has 1 aliphatic carbocycles. The Bertz CT molecular complexity index is 3140. The molecule has 7 aromatic carbocycles. The summed E-state index contributed by atoms with van der Waals surface area (Å²) in [5.74, 6) is 1.96. The molecule has 0 radical (unpaired) electrons. The number of allylic oxidation sites excluding steroid dienone is 4. The SMILES string of the molecule is CC1(n2c3cc(-c4ccccc4)ccc3c3cc4c5ccccc5n(-c5ccccc5)c4cc32)C=C(c2nc(-c3ccccc3)nc(-c3ccccc3)n2)C=CC1. The molecule has 57 heavy (non-hydrogen) atoms. The molecule has 0 spiro atoms. The Morgan fingerprint density at radius 2 is 0.982 bits per heavy atom. The predicted molar refractivity (Wildman–Crippen MR) is 235 cm³/mol. The van der Waals surface area contributed by atoms with Gasteiger partial charge >= 0.3 is 0 Å². The van der Waals surface area contributed by atoms with Crippen LogP contribution >= 0.6 is 0 Å². The first kappa shape index (κ1) is 33.0. The van der Waals surface area contributed by atoms with Crippen LogP contribution in [-0.4, -0.2) is 24.1 Å². The molecule has 10 aromatic rings. The van der Waals surface area contributed by atoms with Crippen LogP contribution in [0.2, 0.25) is 0 Å². The second kappa shape index (κ2) is 13.1. The lowest BCUT2D eigenvalue weighted by Crippen LogP contribution is -2.29. The van der Waals surface area contributed by atoms with E-state index in [-0.39, 0.29) is 0 Å². The summed E-state index contributed by atoms with van der Waals surface area (Å²) in [6, 6.07) is 62.3. The van der Waals surface area contributed by atoms with Crippen LogP contribution in [0.4, 0.5) is 0 Å². The second-order valence-corrected chi connectivity index (χ2v) is 15.1. The molecule has 0 saturated heterocycles. The summed E-state index contributed by atoms with van der Waals surface area (Å²) in [7, 11) is 0. The van der Waals surface area contributed by atoms with Crippen molar-refractivity contribution in [2.45, 2.75) is 18.9 Å². The maximum atomic E-state index is 5.13. The number of nitrogens with zero attached hydrogens (tertiary/aromatic N) is 5. The fourth-order valence-electron chi connectivity index (χ4n) is 8.79. The summed E-state index contributed by atoms with van der Waals surface area (Å²) < 4.78 is 4.98. The van der Waals surface area contributed by atoms with E-state index in [0.717, 1.165) is 28.8 Å². The third kappa shape index (κ3) is 5.50. The molecule has 5 heteroatoms. The lowest BCUT2D eigenvalue weighted by Gasteiger charge is -2.32. The molecular weight excluding hydrogens is 695 g/mol. The molecule has 3 aromatic heterocycles. The Balaban J connectivity index is 1.18. The Morgan fingerprint density at radius 1 is 0.439 bits per heavy atom. The molecule has 1 aliphatic rings. The van der Waals surface area contributed by atoms with Gasteiger partial charge in [-0.1, -0.05) is 152 Å². The van der Waals surface area contributed by atoms with Gasteiger partial charge in [-0.25, -0.2) is 15.0 Å². The number of hydrogen-bond acceptors (Lipinski definition) is 3. The molecule has 270 valence electrons. The zero-order chi connectivity index (χ0) is 37.9. The van der Waals surface area contributed by atoms with Crippen molar-refractivity contribution in [1.82, 2.24) is 24.1 Å². The number of fused-ring (bicyclic) bond motifs is 6. The number of rotatable bonds is 6. The first-order chi connectivity index (χ1) is 28.1. The van der Waals surface area contributed by atoms with Gasteiger partial charge in [0.05, 0.1) is 27.6 Å². The van der Waals surface area contributed by atoms with E-state index in [1.165, 1.54) is 54.7 Å². The topological polar surface area (TPSA) is 48.5 Å². The summed E-state index contributed by atoms with van der Waals surface area (Å²) in [6.07, 6.45) is 7.63. The van der Waals surface area contributed by atoms with Gasteiger partial charge in [-0.15, -0.1) is 0 Å². The highest BCUT2D eigenvalue weighted by Crippen LogP contribution is 2.44. The average molecular weight is 732 g/mol. The highest BCUT2D eigenvalue weighted by atomic mass is 15.1. The minimum atomic E-state index is -0.469. The highest BCUT2D eigenvalue weighted by molar-refractivity contribution is 6.19.